The maximum absolute atomic E-state index is 10.7. The van der Waals surface area contributed by atoms with Crippen LogP contribution in [0.1, 0.15) is 0 Å². The Balaban J connectivity index is 4.25. The lowest BCUT2D eigenvalue weighted by Gasteiger charge is -2.00. The number of allylic oxidation sites excluding steroid dienone is 2. The van der Waals surface area contributed by atoms with E-state index < -0.39 is 27.6 Å². The van der Waals surface area contributed by atoms with Crippen molar-refractivity contribution < 1.29 is 47.3 Å². The van der Waals surface area contributed by atoms with Gasteiger partial charge in [-0.2, -0.15) is 0 Å². The number of hydrogen-bond donors (Lipinski definition) is 4. The van der Waals surface area contributed by atoms with Crippen LogP contribution in [0.2, 0.25) is 0 Å². The van der Waals surface area contributed by atoms with Gasteiger partial charge in [-0.15, -0.1) is 0 Å². The van der Waals surface area contributed by atoms with Gasteiger partial charge in [-0.1, -0.05) is 12.2 Å². The van der Waals surface area contributed by atoms with E-state index in [1.165, 1.54) is 0 Å². The molecule has 0 saturated heterocycles. The number of hydrogen-bond acceptors (Lipinski definition) is 6. The predicted octanol–water partition coefficient (Wildman–Crippen LogP) is -0.629. The third-order valence-corrected chi connectivity index (χ3v) is 1.83. The lowest BCUT2D eigenvalue weighted by Crippen LogP contribution is -1.98. The Kier molecular flexibility index (Phi) is 6.13. The van der Waals surface area contributed by atoms with Gasteiger partial charge in [0.2, 0.25) is 0 Å². The van der Waals surface area contributed by atoms with Gasteiger partial charge in [-0.25, -0.2) is 18.7 Å². The van der Waals surface area contributed by atoms with Crippen LogP contribution in [0, 0.1) is 0 Å². The van der Waals surface area contributed by atoms with E-state index in [4.69, 9.17) is 19.6 Å². The molecule has 0 unspecified atom stereocenters. The van der Waals surface area contributed by atoms with Crippen LogP contribution in [0.15, 0.2) is 24.3 Å². The van der Waals surface area contributed by atoms with Crippen LogP contribution in [-0.4, -0.2) is 31.5 Å². The van der Waals surface area contributed by atoms with Gasteiger partial charge >= 0.3 is 27.6 Å². The Morgan fingerprint density at radius 2 is 1.06 bits per heavy atom. The highest BCUT2D eigenvalue weighted by Gasteiger charge is 2.18. The molecule has 0 bridgehead atoms. The van der Waals surface area contributed by atoms with Gasteiger partial charge in [0.1, 0.15) is 0 Å². The van der Waals surface area contributed by atoms with Crippen LogP contribution in [0.25, 0.3) is 0 Å². The van der Waals surface area contributed by atoms with Gasteiger partial charge in [0.15, 0.2) is 0 Å². The van der Waals surface area contributed by atoms with Crippen LogP contribution in [0.3, 0.4) is 0 Å². The highest BCUT2D eigenvalue weighted by molar-refractivity contribution is 7.47. The summed E-state index contributed by atoms with van der Waals surface area (Å²) in [7, 11) is -9.87. The van der Waals surface area contributed by atoms with Crippen LogP contribution in [0.5, 0.6) is 0 Å². The van der Waals surface area contributed by atoms with E-state index in [9.17, 15) is 18.7 Å². The summed E-state index contributed by atoms with van der Waals surface area (Å²) in [5, 5.41) is 0. The van der Waals surface area contributed by atoms with E-state index >= 15 is 0 Å². The smallest absolute Gasteiger partial charge is 0.367 e. The zero-order valence-corrected chi connectivity index (χ0v) is 10.2. The van der Waals surface area contributed by atoms with E-state index in [0.29, 0.717) is 12.2 Å². The molecule has 0 fully saturated rings. The first kappa shape index (κ1) is 16.7. The van der Waals surface area contributed by atoms with E-state index in [2.05, 4.69) is 9.05 Å². The number of carbonyl (C=O) groups excluding carboxylic acids is 2. The summed E-state index contributed by atoms with van der Waals surface area (Å²) >= 11 is 0. The van der Waals surface area contributed by atoms with Gasteiger partial charge in [0, 0.05) is 12.2 Å². The minimum absolute atomic E-state index is 0.570. The Morgan fingerprint density at radius 1 is 0.778 bits per heavy atom. The number of rotatable bonds is 5. The molecule has 0 radical (unpaired) electrons. The van der Waals surface area contributed by atoms with E-state index in [0.717, 1.165) is 12.2 Å². The Bertz CT molecular complexity index is 421. The summed E-state index contributed by atoms with van der Waals surface area (Å²) in [4.78, 5) is 54.2. The maximum Gasteiger partial charge on any atom is 0.527 e. The molecule has 0 aliphatic carbocycles. The number of phosphoric acid groups is 2. The molecule has 0 aliphatic rings. The second-order valence-corrected chi connectivity index (χ2v) is 4.85. The van der Waals surface area contributed by atoms with Crippen molar-refractivity contribution in [3.8, 4) is 0 Å². The fraction of sp³-hybridized carbons (Fsp3) is 0. The van der Waals surface area contributed by atoms with Gasteiger partial charge in [-0.05, 0) is 0 Å². The molecule has 0 spiro atoms. The lowest BCUT2D eigenvalue weighted by atomic mass is 10.4. The normalized spacial score (nSPS) is 12.9. The molecule has 0 saturated carbocycles. The average Bonchev–Trinajstić information content (AvgIpc) is 2.06. The first-order chi connectivity index (χ1) is 7.99. The van der Waals surface area contributed by atoms with Crippen molar-refractivity contribution in [3.05, 3.63) is 24.3 Å². The number of carbonyl (C=O) groups is 2. The third kappa shape index (κ3) is 11.2. The van der Waals surface area contributed by atoms with Crippen molar-refractivity contribution in [3.63, 3.8) is 0 Å². The molecule has 18 heavy (non-hydrogen) atoms. The third-order valence-electron chi connectivity index (χ3n) is 0.994. The molecule has 0 aliphatic heterocycles. The lowest BCUT2D eigenvalue weighted by molar-refractivity contribution is -0.131. The topological polar surface area (TPSA) is 168 Å². The number of phosphoric ester groups is 2. The molecule has 102 valence electrons. The summed E-state index contributed by atoms with van der Waals surface area (Å²) in [5.41, 5.74) is 0. The van der Waals surface area contributed by atoms with Crippen LogP contribution in [-0.2, 0) is 27.8 Å². The van der Waals surface area contributed by atoms with Gasteiger partial charge < -0.3 is 9.05 Å². The highest BCUT2D eigenvalue weighted by atomic mass is 31.2. The monoisotopic (exact) mass is 302 g/mol. The van der Waals surface area contributed by atoms with E-state index in [1.807, 2.05) is 0 Å². The zero-order chi connectivity index (χ0) is 14.4. The predicted molar refractivity (Wildman–Crippen MR) is 54.6 cm³/mol. The fourth-order valence-corrected chi connectivity index (χ4v) is 1.15. The van der Waals surface area contributed by atoms with Crippen LogP contribution >= 0.6 is 15.6 Å². The SMILES string of the molecule is O=C(/C=C\C=C/C(=O)OP(=O)(O)O)OP(=O)(O)O. The summed E-state index contributed by atoms with van der Waals surface area (Å²) in [6.07, 6.45) is 2.83. The Labute approximate surface area is 100 Å². The van der Waals surface area contributed by atoms with Crippen LogP contribution < -0.4 is 0 Å². The first-order valence-corrected chi connectivity index (χ1v) is 6.98. The Morgan fingerprint density at radius 3 is 1.28 bits per heavy atom. The van der Waals surface area contributed by atoms with E-state index in [1.54, 1.807) is 0 Å². The molecule has 0 aromatic heterocycles. The molecular formula is C6H8O10P2. The molecule has 0 aromatic carbocycles. The molecule has 0 rings (SSSR count). The van der Waals surface area contributed by atoms with Crippen molar-refractivity contribution in [2.24, 2.45) is 0 Å². The standard InChI is InChI=1S/C6H8O10P2/c7-5(15-17(9,10)11)3-1-2-4-6(8)16-18(12,13)14/h1-4H,(H2,9,10,11)(H2,12,13,14)/b3-1-,4-2-. The second-order valence-electron chi connectivity index (χ2n) is 2.52. The Hall–Kier alpha value is -1.28. The quantitative estimate of drug-likeness (QED) is 0.291. The minimum Gasteiger partial charge on any atom is -0.367 e. The maximum atomic E-state index is 10.7. The highest BCUT2D eigenvalue weighted by Crippen LogP contribution is 2.36. The summed E-state index contributed by atoms with van der Waals surface area (Å²) in [5.74, 6) is -2.73. The van der Waals surface area contributed by atoms with Crippen molar-refractivity contribution in [2.75, 3.05) is 0 Å². The first-order valence-electron chi connectivity index (χ1n) is 3.92. The summed E-state index contributed by atoms with van der Waals surface area (Å²) < 4.78 is 27.5. The largest absolute Gasteiger partial charge is 0.527 e. The second kappa shape index (κ2) is 6.60. The molecule has 12 heteroatoms. The molecule has 10 nitrogen and oxygen atoms in total. The molecular weight excluding hydrogens is 294 g/mol. The summed E-state index contributed by atoms with van der Waals surface area (Å²) in [6.45, 7) is 0. The molecule has 0 amide bonds. The van der Waals surface area contributed by atoms with E-state index in [-0.39, 0.29) is 0 Å². The summed E-state index contributed by atoms with van der Waals surface area (Å²) in [6, 6.07) is 0. The van der Waals surface area contributed by atoms with Crippen molar-refractivity contribution >= 4 is 27.6 Å². The molecule has 0 heterocycles. The van der Waals surface area contributed by atoms with Crippen molar-refractivity contribution in [1.29, 1.82) is 0 Å². The van der Waals surface area contributed by atoms with Crippen molar-refractivity contribution in [1.82, 2.24) is 0 Å². The zero-order valence-electron chi connectivity index (χ0n) is 8.44. The minimum atomic E-state index is -4.94. The molecule has 0 atom stereocenters. The van der Waals surface area contributed by atoms with Gasteiger partial charge in [0.05, 0.1) is 0 Å². The average molecular weight is 302 g/mol. The van der Waals surface area contributed by atoms with Crippen molar-refractivity contribution in [2.45, 2.75) is 0 Å². The van der Waals surface area contributed by atoms with Gasteiger partial charge in [0.25, 0.3) is 0 Å². The molecule has 4 N–H and O–H groups in total. The van der Waals surface area contributed by atoms with Crippen LogP contribution in [0.4, 0.5) is 0 Å². The van der Waals surface area contributed by atoms with Gasteiger partial charge in [-0.3, -0.25) is 19.6 Å². The fourth-order valence-electron chi connectivity index (χ4n) is 0.564. The molecule has 0 aromatic rings.